The Morgan fingerprint density at radius 2 is 1.83 bits per heavy atom. The standard InChI is InChI=1S/C19H23ClFNOS/c20-16-2-1-15(17(21)6-16)10-24-11-18(23)22-19-7-12-3-13(8-19)5-14(4-12)9-19/h1-2,6,12-14H,3-5,7-11H2,(H,22,23). The number of carbonyl (C=O) groups excluding carboxylic acids is 1. The van der Waals surface area contributed by atoms with Gasteiger partial charge in [-0.1, -0.05) is 17.7 Å². The predicted octanol–water partition coefficient (Wildman–Crippen LogP) is 4.80. The molecular weight excluding hydrogens is 345 g/mol. The molecule has 0 aromatic heterocycles. The Morgan fingerprint density at radius 3 is 2.42 bits per heavy atom. The lowest BCUT2D eigenvalue weighted by Gasteiger charge is -2.56. The first kappa shape index (κ1) is 16.7. The molecule has 1 aromatic carbocycles. The summed E-state index contributed by atoms with van der Waals surface area (Å²) >= 11 is 7.23. The van der Waals surface area contributed by atoms with Gasteiger partial charge < -0.3 is 5.32 Å². The SMILES string of the molecule is O=C(CSCc1ccc(Cl)cc1F)NC12CC3CC(CC(C3)C1)C2. The Hall–Kier alpha value is -0.740. The number of hydrogen-bond donors (Lipinski definition) is 1. The zero-order valence-corrected chi connectivity index (χ0v) is 15.3. The molecule has 130 valence electrons. The normalized spacial score (nSPS) is 33.7. The molecule has 5 rings (SSSR count). The lowest BCUT2D eigenvalue weighted by molar-refractivity contribution is -0.124. The lowest BCUT2D eigenvalue weighted by atomic mass is 9.53. The second-order valence-electron chi connectivity index (χ2n) is 7.97. The van der Waals surface area contributed by atoms with E-state index in [1.165, 1.54) is 56.4 Å². The fourth-order valence-corrected chi connectivity index (χ4v) is 6.46. The van der Waals surface area contributed by atoms with Gasteiger partial charge in [-0.3, -0.25) is 4.79 Å². The summed E-state index contributed by atoms with van der Waals surface area (Å²) in [6.07, 6.45) is 7.63. The molecule has 4 aliphatic rings. The average Bonchev–Trinajstić information content (AvgIpc) is 2.47. The first-order chi connectivity index (χ1) is 11.5. The van der Waals surface area contributed by atoms with Gasteiger partial charge in [-0.05, 0) is 74.0 Å². The third-order valence-corrected chi connectivity index (χ3v) is 7.17. The van der Waals surface area contributed by atoms with Crippen molar-refractivity contribution in [2.45, 2.75) is 49.8 Å². The Labute approximate surface area is 151 Å². The second kappa shape index (κ2) is 6.53. The average molecular weight is 368 g/mol. The molecule has 1 amide bonds. The molecule has 24 heavy (non-hydrogen) atoms. The number of rotatable bonds is 5. The first-order valence-corrected chi connectivity index (χ1v) is 10.4. The molecule has 4 bridgehead atoms. The van der Waals surface area contributed by atoms with Gasteiger partial charge in [0.1, 0.15) is 5.82 Å². The van der Waals surface area contributed by atoms with Gasteiger partial charge >= 0.3 is 0 Å². The van der Waals surface area contributed by atoms with Crippen molar-refractivity contribution in [2.24, 2.45) is 17.8 Å². The fourth-order valence-electron chi connectivity index (χ4n) is 5.49. The molecule has 0 spiro atoms. The van der Waals surface area contributed by atoms with Crippen LogP contribution in [0.1, 0.15) is 44.1 Å². The molecule has 4 fully saturated rings. The van der Waals surface area contributed by atoms with Gasteiger partial charge in [0.15, 0.2) is 0 Å². The Balaban J connectivity index is 1.29. The highest BCUT2D eigenvalue weighted by molar-refractivity contribution is 7.99. The molecule has 2 nitrogen and oxygen atoms in total. The minimum atomic E-state index is -0.295. The van der Waals surface area contributed by atoms with Gasteiger partial charge in [0.2, 0.25) is 5.91 Å². The van der Waals surface area contributed by atoms with Crippen molar-refractivity contribution >= 4 is 29.3 Å². The van der Waals surface area contributed by atoms with E-state index in [4.69, 9.17) is 11.6 Å². The second-order valence-corrected chi connectivity index (χ2v) is 9.40. The minimum absolute atomic E-state index is 0.0674. The van der Waals surface area contributed by atoms with Crippen molar-refractivity contribution in [1.29, 1.82) is 0 Å². The summed E-state index contributed by atoms with van der Waals surface area (Å²) in [6, 6.07) is 4.71. The van der Waals surface area contributed by atoms with E-state index in [2.05, 4.69) is 5.32 Å². The molecule has 1 aromatic rings. The number of carbonyl (C=O) groups is 1. The molecule has 0 atom stereocenters. The highest BCUT2D eigenvalue weighted by Gasteiger charge is 2.51. The number of hydrogen-bond acceptors (Lipinski definition) is 2. The van der Waals surface area contributed by atoms with E-state index in [9.17, 15) is 9.18 Å². The molecule has 0 unspecified atom stereocenters. The van der Waals surface area contributed by atoms with Crippen molar-refractivity contribution < 1.29 is 9.18 Å². The topological polar surface area (TPSA) is 29.1 Å². The first-order valence-electron chi connectivity index (χ1n) is 8.84. The van der Waals surface area contributed by atoms with Gasteiger partial charge in [0.05, 0.1) is 5.75 Å². The lowest BCUT2D eigenvalue weighted by Crippen LogP contribution is -2.60. The van der Waals surface area contributed by atoms with Crippen LogP contribution in [0.4, 0.5) is 4.39 Å². The maximum atomic E-state index is 13.8. The van der Waals surface area contributed by atoms with Crippen molar-refractivity contribution in [2.75, 3.05) is 5.75 Å². The number of benzene rings is 1. The van der Waals surface area contributed by atoms with Gasteiger partial charge in [0.25, 0.3) is 0 Å². The molecule has 4 saturated carbocycles. The Kier molecular flexibility index (Phi) is 4.55. The van der Waals surface area contributed by atoms with Crippen molar-refractivity contribution in [1.82, 2.24) is 5.32 Å². The van der Waals surface area contributed by atoms with E-state index in [1.54, 1.807) is 12.1 Å². The highest BCUT2D eigenvalue weighted by atomic mass is 35.5. The van der Waals surface area contributed by atoms with Crippen LogP contribution in [-0.2, 0) is 10.5 Å². The van der Waals surface area contributed by atoms with Crippen LogP contribution in [-0.4, -0.2) is 17.2 Å². The molecular formula is C19H23ClFNOS. The molecule has 1 N–H and O–H groups in total. The van der Waals surface area contributed by atoms with Crippen LogP contribution >= 0.6 is 23.4 Å². The number of halogens is 2. The number of thioether (sulfide) groups is 1. The van der Waals surface area contributed by atoms with Crippen LogP contribution in [0.2, 0.25) is 5.02 Å². The number of amides is 1. The molecule has 0 heterocycles. The molecule has 0 saturated heterocycles. The monoisotopic (exact) mass is 367 g/mol. The third kappa shape index (κ3) is 3.45. The van der Waals surface area contributed by atoms with Crippen LogP contribution < -0.4 is 5.32 Å². The molecule has 0 radical (unpaired) electrons. The van der Waals surface area contributed by atoms with E-state index in [0.717, 1.165) is 17.8 Å². The largest absolute Gasteiger partial charge is 0.350 e. The van der Waals surface area contributed by atoms with E-state index in [1.807, 2.05) is 0 Å². The van der Waals surface area contributed by atoms with Gasteiger partial charge in [-0.2, -0.15) is 0 Å². The maximum Gasteiger partial charge on any atom is 0.230 e. The van der Waals surface area contributed by atoms with Crippen LogP contribution in [0.25, 0.3) is 0 Å². The maximum absolute atomic E-state index is 13.8. The number of nitrogens with one attached hydrogen (secondary N) is 1. The fraction of sp³-hybridized carbons (Fsp3) is 0.632. The highest BCUT2D eigenvalue weighted by Crippen LogP contribution is 2.55. The van der Waals surface area contributed by atoms with E-state index >= 15 is 0 Å². The minimum Gasteiger partial charge on any atom is -0.350 e. The van der Waals surface area contributed by atoms with Crippen LogP contribution in [0.5, 0.6) is 0 Å². The van der Waals surface area contributed by atoms with Crippen molar-refractivity contribution in [3.05, 3.63) is 34.6 Å². The Morgan fingerprint density at radius 1 is 1.21 bits per heavy atom. The smallest absolute Gasteiger partial charge is 0.230 e. The van der Waals surface area contributed by atoms with Gasteiger partial charge in [0, 0.05) is 16.3 Å². The summed E-state index contributed by atoms with van der Waals surface area (Å²) < 4.78 is 13.8. The molecule has 5 heteroatoms. The Bertz CT molecular complexity index is 615. The quantitative estimate of drug-likeness (QED) is 0.810. The van der Waals surface area contributed by atoms with Crippen LogP contribution in [0.3, 0.4) is 0 Å². The van der Waals surface area contributed by atoms with Crippen molar-refractivity contribution in [3.63, 3.8) is 0 Å². The third-order valence-electron chi connectivity index (χ3n) is 5.95. The summed E-state index contributed by atoms with van der Waals surface area (Å²) in [5.74, 6) is 3.18. The summed E-state index contributed by atoms with van der Waals surface area (Å²) in [7, 11) is 0. The van der Waals surface area contributed by atoms with Crippen LogP contribution in [0, 0.1) is 23.6 Å². The van der Waals surface area contributed by atoms with Gasteiger partial charge in [-0.15, -0.1) is 11.8 Å². The summed E-state index contributed by atoms with van der Waals surface area (Å²) in [4.78, 5) is 12.4. The zero-order valence-electron chi connectivity index (χ0n) is 13.7. The molecule has 4 aliphatic carbocycles. The van der Waals surface area contributed by atoms with Gasteiger partial charge in [-0.25, -0.2) is 4.39 Å². The predicted molar refractivity (Wildman–Crippen MR) is 96.6 cm³/mol. The van der Waals surface area contributed by atoms with Crippen molar-refractivity contribution in [3.8, 4) is 0 Å². The van der Waals surface area contributed by atoms with E-state index in [0.29, 0.717) is 22.1 Å². The summed E-state index contributed by atoms with van der Waals surface area (Å²) in [5.41, 5.74) is 0.671. The summed E-state index contributed by atoms with van der Waals surface area (Å²) in [5, 5.41) is 3.76. The summed E-state index contributed by atoms with van der Waals surface area (Å²) in [6.45, 7) is 0. The zero-order chi connectivity index (χ0) is 16.7. The van der Waals surface area contributed by atoms with Crippen LogP contribution in [0.15, 0.2) is 18.2 Å². The van der Waals surface area contributed by atoms with E-state index in [-0.39, 0.29) is 17.3 Å². The van der Waals surface area contributed by atoms with E-state index < -0.39 is 0 Å². The molecule has 0 aliphatic heterocycles.